The number of carbonyl (C=O) groups is 1. The van der Waals surface area contributed by atoms with Crippen molar-refractivity contribution >= 4 is 43.3 Å². The minimum absolute atomic E-state index is 0.0243. The second kappa shape index (κ2) is 5.79. The molecule has 98 valence electrons. The number of nitrogens with one attached hydrogen (secondary N) is 1. The molecule has 6 nitrogen and oxygen atoms in total. The van der Waals surface area contributed by atoms with E-state index < -0.39 is 21.9 Å². The van der Waals surface area contributed by atoms with E-state index in [9.17, 15) is 13.2 Å². The molecule has 1 rings (SSSR count). The molecule has 0 bridgehead atoms. The van der Waals surface area contributed by atoms with Crippen LogP contribution in [0.3, 0.4) is 0 Å². The molecule has 1 aromatic rings. The summed E-state index contributed by atoms with van der Waals surface area (Å²) in [7, 11) is -3.81. The van der Waals surface area contributed by atoms with Crippen LogP contribution in [0.1, 0.15) is 16.6 Å². The summed E-state index contributed by atoms with van der Waals surface area (Å²) < 4.78 is 26.2. The minimum Gasteiger partial charge on any atom is -0.477 e. The first-order valence-corrected chi connectivity index (χ1v) is 7.79. The Hall–Kier alpha value is -0.950. The van der Waals surface area contributed by atoms with Gasteiger partial charge >= 0.3 is 5.97 Å². The van der Waals surface area contributed by atoms with E-state index in [1.165, 1.54) is 0 Å². The number of carboxylic acid groups (broad SMARTS) is 1. The molecule has 0 saturated heterocycles. The highest BCUT2D eigenvalue weighted by molar-refractivity contribution is 9.11. The van der Waals surface area contributed by atoms with Crippen molar-refractivity contribution in [2.24, 2.45) is 5.92 Å². The van der Waals surface area contributed by atoms with Crippen molar-refractivity contribution < 1.29 is 18.3 Å². The van der Waals surface area contributed by atoms with Gasteiger partial charge in [-0.15, -0.1) is 11.3 Å². The Kier molecular flexibility index (Phi) is 4.86. The van der Waals surface area contributed by atoms with Gasteiger partial charge < -0.3 is 5.11 Å². The van der Waals surface area contributed by atoms with Gasteiger partial charge in [-0.05, 0) is 28.9 Å². The average molecular weight is 353 g/mol. The quantitative estimate of drug-likeness (QED) is 0.837. The van der Waals surface area contributed by atoms with Gasteiger partial charge in [0.25, 0.3) is 0 Å². The van der Waals surface area contributed by atoms with Gasteiger partial charge in [0.05, 0.1) is 15.8 Å². The molecule has 1 atom stereocenters. The molecule has 0 radical (unpaired) electrons. The Morgan fingerprint density at radius 1 is 1.72 bits per heavy atom. The van der Waals surface area contributed by atoms with Gasteiger partial charge in [-0.2, -0.15) is 5.26 Å². The zero-order valence-corrected chi connectivity index (χ0v) is 12.4. The van der Waals surface area contributed by atoms with Gasteiger partial charge in [0.1, 0.15) is 9.77 Å². The molecule has 0 aliphatic rings. The molecule has 1 unspecified atom stereocenters. The normalized spacial score (nSPS) is 12.9. The third-order valence-electron chi connectivity index (χ3n) is 1.96. The van der Waals surface area contributed by atoms with Gasteiger partial charge in [-0.3, -0.25) is 0 Å². The van der Waals surface area contributed by atoms with E-state index in [-0.39, 0.29) is 20.1 Å². The van der Waals surface area contributed by atoms with Gasteiger partial charge in [0.15, 0.2) is 0 Å². The van der Waals surface area contributed by atoms with E-state index in [0.717, 1.165) is 17.4 Å². The Morgan fingerprint density at radius 3 is 2.78 bits per heavy atom. The number of sulfonamides is 1. The number of carboxylic acids is 1. The van der Waals surface area contributed by atoms with Crippen LogP contribution in [0.4, 0.5) is 0 Å². The predicted octanol–water partition coefficient (Wildman–Crippen LogP) is 1.65. The summed E-state index contributed by atoms with van der Waals surface area (Å²) in [4.78, 5) is 10.5. The zero-order valence-electron chi connectivity index (χ0n) is 9.18. The van der Waals surface area contributed by atoms with E-state index in [1.807, 2.05) is 6.07 Å². The molecule has 0 aromatic carbocycles. The first-order valence-electron chi connectivity index (χ1n) is 4.70. The number of halogens is 1. The predicted molar refractivity (Wildman–Crippen MR) is 68.9 cm³/mol. The molecule has 0 fully saturated rings. The third kappa shape index (κ3) is 3.52. The summed E-state index contributed by atoms with van der Waals surface area (Å²) in [5.74, 6) is -1.65. The summed E-state index contributed by atoms with van der Waals surface area (Å²) in [5, 5.41) is 17.3. The van der Waals surface area contributed by atoms with Crippen molar-refractivity contribution in [1.82, 2.24) is 4.72 Å². The molecule has 0 spiro atoms. The number of nitrogens with zero attached hydrogens (tertiary/aromatic N) is 1. The van der Waals surface area contributed by atoms with Crippen LogP contribution < -0.4 is 4.72 Å². The number of nitriles is 1. The Labute approximate surface area is 116 Å². The molecular weight excluding hydrogens is 344 g/mol. The lowest BCUT2D eigenvalue weighted by Gasteiger charge is -2.06. The Morgan fingerprint density at radius 2 is 2.33 bits per heavy atom. The third-order valence-corrected chi connectivity index (χ3v) is 5.62. The number of hydrogen-bond donors (Lipinski definition) is 2. The summed E-state index contributed by atoms with van der Waals surface area (Å²) in [6, 6.07) is 2.98. The van der Waals surface area contributed by atoms with Crippen LogP contribution in [0, 0.1) is 17.2 Å². The number of aromatic carboxylic acids is 1. The van der Waals surface area contributed by atoms with Gasteiger partial charge in [-0.25, -0.2) is 17.9 Å². The molecule has 0 aliphatic carbocycles. The lowest BCUT2D eigenvalue weighted by molar-refractivity contribution is 0.0702. The molecule has 2 N–H and O–H groups in total. The van der Waals surface area contributed by atoms with E-state index in [2.05, 4.69) is 20.7 Å². The highest BCUT2D eigenvalue weighted by Gasteiger charge is 2.23. The first-order chi connectivity index (χ1) is 8.27. The number of hydrogen-bond acceptors (Lipinski definition) is 5. The topological polar surface area (TPSA) is 107 Å². The van der Waals surface area contributed by atoms with Crippen molar-refractivity contribution in [2.75, 3.05) is 6.54 Å². The second-order valence-corrected chi connectivity index (χ2v) is 7.54. The second-order valence-electron chi connectivity index (χ2n) is 3.44. The van der Waals surface area contributed by atoms with Crippen LogP contribution in [0.5, 0.6) is 0 Å². The average Bonchev–Trinajstić information content (AvgIpc) is 2.69. The van der Waals surface area contributed by atoms with Crippen LogP contribution in [-0.2, 0) is 10.0 Å². The van der Waals surface area contributed by atoms with E-state index in [1.54, 1.807) is 6.92 Å². The summed E-state index contributed by atoms with van der Waals surface area (Å²) in [5.41, 5.74) is 0. The van der Waals surface area contributed by atoms with Crippen molar-refractivity contribution in [3.8, 4) is 6.07 Å². The van der Waals surface area contributed by atoms with E-state index in [0.29, 0.717) is 0 Å². The summed E-state index contributed by atoms with van der Waals surface area (Å²) >= 11 is 3.84. The molecule has 0 saturated carbocycles. The first kappa shape index (κ1) is 15.1. The lowest BCUT2D eigenvalue weighted by Crippen LogP contribution is -2.27. The molecule has 1 aromatic heterocycles. The smallest absolute Gasteiger partial charge is 0.345 e. The number of thiophene rings is 1. The maximum atomic E-state index is 11.9. The summed E-state index contributed by atoms with van der Waals surface area (Å²) in [6.07, 6.45) is 0. The molecule has 0 amide bonds. The molecule has 1 heterocycles. The standard InChI is InChI=1S/C9H9BrN2O4S2/c1-5(3-11)4-12-18(15,16)7-2-6(9(13)14)17-8(7)10/h2,5,12H,4H2,1H3,(H,13,14). The van der Waals surface area contributed by atoms with Gasteiger partial charge in [-0.1, -0.05) is 0 Å². The molecule has 9 heteroatoms. The van der Waals surface area contributed by atoms with Crippen LogP contribution in [0.15, 0.2) is 14.7 Å². The fourth-order valence-corrected chi connectivity index (χ4v) is 4.53. The fourth-order valence-electron chi connectivity index (χ4n) is 0.999. The van der Waals surface area contributed by atoms with Gasteiger partial charge in [0, 0.05) is 6.54 Å². The fraction of sp³-hybridized carbons (Fsp3) is 0.333. The molecule has 0 aliphatic heterocycles. The van der Waals surface area contributed by atoms with Crippen LogP contribution >= 0.6 is 27.3 Å². The Bertz CT molecular complexity index is 603. The van der Waals surface area contributed by atoms with Crippen molar-refractivity contribution in [3.63, 3.8) is 0 Å². The highest BCUT2D eigenvalue weighted by Crippen LogP contribution is 2.31. The monoisotopic (exact) mass is 352 g/mol. The van der Waals surface area contributed by atoms with Crippen LogP contribution in [0.2, 0.25) is 0 Å². The van der Waals surface area contributed by atoms with E-state index in [4.69, 9.17) is 10.4 Å². The van der Waals surface area contributed by atoms with E-state index >= 15 is 0 Å². The largest absolute Gasteiger partial charge is 0.477 e. The van der Waals surface area contributed by atoms with Gasteiger partial charge in [0.2, 0.25) is 10.0 Å². The summed E-state index contributed by atoms with van der Waals surface area (Å²) in [6.45, 7) is 1.55. The molecule has 18 heavy (non-hydrogen) atoms. The maximum Gasteiger partial charge on any atom is 0.345 e. The maximum absolute atomic E-state index is 11.9. The van der Waals surface area contributed by atoms with Crippen molar-refractivity contribution in [3.05, 3.63) is 14.7 Å². The van der Waals surface area contributed by atoms with Crippen LogP contribution in [0.25, 0.3) is 0 Å². The van der Waals surface area contributed by atoms with Crippen LogP contribution in [-0.4, -0.2) is 26.0 Å². The lowest BCUT2D eigenvalue weighted by atomic mass is 10.2. The highest BCUT2D eigenvalue weighted by atomic mass is 79.9. The van der Waals surface area contributed by atoms with Crippen molar-refractivity contribution in [2.45, 2.75) is 11.8 Å². The SMILES string of the molecule is CC(C#N)CNS(=O)(=O)c1cc(C(=O)O)sc1Br. The zero-order chi connectivity index (χ0) is 13.9. The minimum atomic E-state index is -3.81. The number of rotatable bonds is 5. The van der Waals surface area contributed by atoms with Crippen molar-refractivity contribution in [1.29, 1.82) is 5.26 Å². The Balaban J connectivity index is 2.99. The molecular formula is C9H9BrN2O4S2.